The molecule has 0 bridgehead atoms. The fraction of sp³-hybridized carbons (Fsp3) is 0.286. The van der Waals surface area contributed by atoms with Crippen molar-refractivity contribution in [3.8, 4) is 11.5 Å². The summed E-state index contributed by atoms with van der Waals surface area (Å²) in [5.41, 5.74) is 3.80. The van der Waals surface area contributed by atoms with Crippen molar-refractivity contribution in [1.29, 1.82) is 0 Å². The summed E-state index contributed by atoms with van der Waals surface area (Å²) in [4.78, 5) is 25.2. The van der Waals surface area contributed by atoms with E-state index >= 15 is 0 Å². The maximum absolute atomic E-state index is 12.6. The number of halogens is 1. The molecule has 1 atom stereocenters. The van der Waals surface area contributed by atoms with Crippen molar-refractivity contribution in [3.05, 3.63) is 52.5 Å². The van der Waals surface area contributed by atoms with Crippen LogP contribution in [0.4, 0.5) is 5.69 Å². The number of carbonyl (C=O) groups is 2. The highest BCUT2D eigenvalue weighted by Gasteiger charge is 2.29. The minimum absolute atomic E-state index is 0.210. The Bertz CT molecular complexity index is 882. The number of rotatable bonds is 8. The smallest absolute Gasteiger partial charge is 0.252 e. The zero-order valence-electron chi connectivity index (χ0n) is 16.7. The molecule has 2 aromatic carbocycles. The molecule has 7 nitrogen and oxygen atoms in total. The fourth-order valence-electron chi connectivity index (χ4n) is 2.62. The zero-order chi connectivity index (χ0) is 21.4. The standard InChI is InChI=1S/C21H24BrN3O4/c1-13(2)19(20(26)24-15-6-8-16(28-3)9-7-15)21(27)25-23-12-14-5-10-18(29-4)17(22)11-14/h5-13,19H,1-4H3,(H,24,26)(H,25,27). The average Bonchev–Trinajstić information content (AvgIpc) is 2.68. The van der Waals surface area contributed by atoms with Crippen molar-refractivity contribution < 1.29 is 19.1 Å². The van der Waals surface area contributed by atoms with E-state index in [-0.39, 0.29) is 5.92 Å². The molecule has 0 aliphatic heterocycles. The van der Waals surface area contributed by atoms with Crippen LogP contribution in [0.2, 0.25) is 0 Å². The van der Waals surface area contributed by atoms with Crippen molar-refractivity contribution >= 4 is 39.6 Å². The van der Waals surface area contributed by atoms with Crippen LogP contribution in [0.25, 0.3) is 0 Å². The lowest BCUT2D eigenvalue weighted by atomic mass is 9.94. The Morgan fingerprint density at radius 1 is 1.03 bits per heavy atom. The average molecular weight is 462 g/mol. The van der Waals surface area contributed by atoms with Gasteiger partial charge in [-0.15, -0.1) is 0 Å². The van der Waals surface area contributed by atoms with Crippen LogP contribution in [0.1, 0.15) is 19.4 Å². The first kappa shape index (κ1) is 22.4. The van der Waals surface area contributed by atoms with Gasteiger partial charge in [0.1, 0.15) is 17.4 Å². The Hall–Kier alpha value is -2.87. The number of carbonyl (C=O) groups excluding carboxylic acids is 2. The summed E-state index contributed by atoms with van der Waals surface area (Å²) in [6.45, 7) is 3.62. The van der Waals surface area contributed by atoms with E-state index in [4.69, 9.17) is 9.47 Å². The predicted octanol–water partition coefficient (Wildman–Crippen LogP) is 3.83. The molecule has 1 unspecified atom stereocenters. The van der Waals surface area contributed by atoms with Gasteiger partial charge >= 0.3 is 0 Å². The Balaban J connectivity index is 2.02. The van der Waals surface area contributed by atoms with Crippen LogP contribution in [-0.4, -0.2) is 32.2 Å². The van der Waals surface area contributed by atoms with Crippen LogP contribution in [0, 0.1) is 11.8 Å². The van der Waals surface area contributed by atoms with Crippen LogP contribution in [-0.2, 0) is 9.59 Å². The summed E-state index contributed by atoms with van der Waals surface area (Å²) >= 11 is 3.40. The second-order valence-electron chi connectivity index (χ2n) is 6.57. The summed E-state index contributed by atoms with van der Waals surface area (Å²) in [6.07, 6.45) is 1.50. The van der Waals surface area contributed by atoms with Crippen LogP contribution < -0.4 is 20.2 Å². The lowest BCUT2D eigenvalue weighted by Crippen LogP contribution is -2.39. The number of hydrazone groups is 1. The number of nitrogens with zero attached hydrogens (tertiary/aromatic N) is 1. The molecule has 154 valence electrons. The molecule has 0 radical (unpaired) electrons. The lowest BCUT2D eigenvalue weighted by molar-refractivity contribution is -0.134. The van der Waals surface area contributed by atoms with Crippen molar-refractivity contribution in [2.24, 2.45) is 16.9 Å². The molecule has 0 aliphatic carbocycles. The van der Waals surface area contributed by atoms with Crippen LogP contribution >= 0.6 is 15.9 Å². The van der Waals surface area contributed by atoms with Gasteiger partial charge in [0.2, 0.25) is 5.91 Å². The SMILES string of the molecule is COc1ccc(NC(=O)C(C(=O)NN=Cc2ccc(OC)c(Br)c2)C(C)C)cc1. The maximum atomic E-state index is 12.6. The minimum atomic E-state index is -0.892. The predicted molar refractivity (Wildman–Crippen MR) is 116 cm³/mol. The van der Waals surface area contributed by atoms with Gasteiger partial charge in [-0.3, -0.25) is 9.59 Å². The molecule has 0 heterocycles. The maximum Gasteiger partial charge on any atom is 0.252 e. The van der Waals surface area contributed by atoms with Crippen LogP contribution in [0.3, 0.4) is 0 Å². The van der Waals surface area contributed by atoms with Gasteiger partial charge in [0.25, 0.3) is 5.91 Å². The highest BCUT2D eigenvalue weighted by atomic mass is 79.9. The second-order valence-corrected chi connectivity index (χ2v) is 7.42. The third-order valence-corrected chi connectivity index (χ3v) is 4.77. The highest BCUT2D eigenvalue weighted by Crippen LogP contribution is 2.25. The molecular formula is C21H24BrN3O4. The number of benzene rings is 2. The zero-order valence-corrected chi connectivity index (χ0v) is 18.3. The molecule has 2 amide bonds. The topological polar surface area (TPSA) is 89.0 Å². The van der Waals surface area contributed by atoms with Gasteiger partial charge in [0.15, 0.2) is 0 Å². The molecule has 0 saturated heterocycles. The Kier molecular flexibility index (Phi) is 8.21. The van der Waals surface area contributed by atoms with Gasteiger partial charge in [-0.05, 0) is 69.9 Å². The molecule has 8 heteroatoms. The molecular weight excluding hydrogens is 438 g/mol. The van der Waals surface area contributed by atoms with E-state index in [0.717, 1.165) is 10.0 Å². The number of amides is 2. The van der Waals surface area contributed by atoms with E-state index in [1.165, 1.54) is 6.21 Å². The molecule has 0 aliphatic rings. The van der Waals surface area contributed by atoms with Gasteiger partial charge in [-0.25, -0.2) is 5.43 Å². The van der Waals surface area contributed by atoms with Crippen molar-refractivity contribution in [2.75, 3.05) is 19.5 Å². The van der Waals surface area contributed by atoms with Crippen LogP contribution in [0.15, 0.2) is 52.0 Å². The Morgan fingerprint density at radius 3 is 2.28 bits per heavy atom. The third kappa shape index (κ3) is 6.32. The third-order valence-electron chi connectivity index (χ3n) is 4.15. The summed E-state index contributed by atoms with van der Waals surface area (Å²) in [5.74, 6) is -0.600. The molecule has 0 spiro atoms. The second kappa shape index (κ2) is 10.6. The number of hydrogen-bond donors (Lipinski definition) is 2. The van der Waals surface area contributed by atoms with Gasteiger partial charge < -0.3 is 14.8 Å². The summed E-state index contributed by atoms with van der Waals surface area (Å²) in [5, 5.41) is 6.73. The van der Waals surface area contributed by atoms with Gasteiger partial charge in [0.05, 0.1) is 24.9 Å². The molecule has 2 N–H and O–H groups in total. The van der Waals surface area contributed by atoms with Gasteiger partial charge in [-0.1, -0.05) is 13.8 Å². The summed E-state index contributed by atoms with van der Waals surface area (Å²) < 4.78 is 11.0. The monoisotopic (exact) mass is 461 g/mol. The van der Waals surface area contributed by atoms with Crippen LogP contribution in [0.5, 0.6) is 11.5 Å². The van der Waals surface area contributed by atoms with E-state index in [1.54, 1.807) is 50.6 Å². The first-order valence-electron chi connectivity index (χ1n) is 8.97. The first-order valence-corrected chi connectivity index (χ1v) is 9.76. The number of methoxy groups -OCH3 is 2. The Labute approximate surface area is 178 Å². The number of anilines is 1. The number of ether oxygens (including phenoxy) is 2. The van der Waals surface area contributed by atoms with Crippen molar-refractivity contribution in [2.45, 2.75) is 13.8 Å². The van der Waals surface area contributed by atoms with Crippen molar-refractivity contribution in [1.82, 2.24) is 5.43 Å². The molecule has 2 rings (SSSR count). The first-order chi connectivity index (χ1) is 13.8. The van der Waals surface area contributed by atoms with Crippen molar-refractivity contribution in [3.63, 3.8) is 0 Å². The number of hydrogen-bond acceptors (Lipinski definition) is 5. The lowest BCUT2D eigenvalue weighted by Gasteiger charge is -2.18. The minimum Gasteiger partial charge on any atom is -0.497 e. The van der Waals surface area contributed by atoms with E-state index in [1.807, 2.05) is 19.9 Å². The normalized spacial score (nSPS) is 11.9. The quantitative estimate of drug-likeness (QED) is 0.355. The molecule has 0 saturated carbocycles. The van der Waals surface area contributed by atoms with Gasteiger partial charge in [-0.2, -0.15) is 5.10 Å². The van der Waals surface area contributed by atoms with Gasteiger partial charge in [0, 0.05) is 5.69 Å². The largest absolute Gasteiger partial charge is 0.497 e. The van der Waals surface area contributed by atoms with E-state index in [0.29, 0.717) is 17.2 Å². The molecule has 0 fully saturated rings. The summed E-state index contributed by atoms with van der Waals surface area (Å²) in [7, 11) is 3.15. The fourth-order valence-corrected chi connectivity index (χ4v) is 3.18. The molecule has 0 aromatic heterocycles. The van der Waals surface area contributed by atoms with E-state index in [2.05, 4.69) is 31.8 Å². The summed E-state index contributed by atoms with van der Waals surface area (Å²) in [6, 6.07) is 12.3. The molecule has 2 aromatic rings. The van der Waals surface area contributed by atoms with E-state index in [9.17, 15) is 9.59 Å². The Morgan fingerprint density at radius 2 is 1.72 bits per heavy atom. The molecule has 29 heavy (non-hydrogen) atoms. The highest BCUT2D eigenvalue weighted by molar-refractivity contribution is 9.10. The number of nitrogens with one attached hydrogen (secondary N) is 2. The van der Waals surface area contributed by atoms with E-state index < -0.39 is 17.7 Å².